The quantitative estimate of drug-likeness (QED) is 0.889. The van der Waals surface area contributed by atoms with E-state index in [0.29, 0.717) is 0 Å². The van der Waals surface area contributed by atoms with Gasteiger partial charge in [0.1, 0.15) is 0 Å². The highest BCUT2D eigenvalue weighted by Gasteiger charge is 2.18. The molecule has 102 valence electrons. The molecule has 1 atom stereocenters. The van der Waals surface area contributed by atoms with E-state index in [9.17, 15) is 0 Å². The van der Waals surface area contributed by atoms with E-state index in [-0.39, 0.29) is 6.04 Å². The molecule has 0 aliphatic heterocycles. The highest BCUT2D eigenvalue weighted by molar-refractivity contribution is 9.10. The van der Waals surface area contributed by atoms with E-state index in [2.05, 4.69) is 44.3 Å². The lowest BCUT2D eigenvalue weighted by Gasteiger charge is -2.19. The topological polar surface area (TPSA) is 42.7 Å². The fourth-order valence-corrected chi connectivity index (χ4v) is 2.78. The van der Waals surface area contributed by atoms with Crippen LogP contribution in [0.15, 0.2) is 35.2 Å². The molecule has 4 nitrogen and oxygen atoms in total. The average molecular weight is 323 g/mol. The summed E-state index contributed by atoms with van der Waals surface area (Å²) in [5.74, 6) is 0. The first-order valence-electron chi connectivity index (χ1n) is 6.52. The molecule has 0 aliphatic rings. The van der Waals surface area contributed by atoms with Crippen LogP contribution in [0.4, 0.5) is 0 Å². The van der Waals surface area contributed by atoms with Gasteiger partial charge in [0, 0.05) is 19.4 Å². The van der Waals surface area contributed by atoms with E-state index in [0.717, 1.165) is 23.9 Å². The second-order valence-electron chi connectivity index (χ2n) is 4.57. The molecule has 1 N–H and O–H groups in total. The first kappa shape index (κ1) is 14.2. The number of nitrogens with zero attached hydrogens (tertiary/aromatic N) is 3. The summed E-state index contributed by atoms with van der Waals surface area (Å²) >= 11 is 3.58. The van der Waals surface area contributed by atoms with Gasteiger partial charge < -0.3 is 5.32 Å². The highest BCUT2D eigenvalue weighted by Crippen LogP contribution is 2.25. The molecule has 0 bridgehead atoms. The molecule has 2 aromatic rings. The van der Waals surface area contributed by atoms with Crippen LogP contribution in [0.1, 0.15) is 30.6 Å². The van der Waals surface area contributed by atoms with Crippen molar-refractivity contribution in [1.29, 1.82) is 0 Å². The molecule has 2 aromatic heterocycles. The van der Waals surface area contributed by atoms with Crippen LogP contribution in [0.3, 0.4) is 0 Å². The number of halogens is 1. The predicted molar refractivity (Wildman–Crippen MR) is 79.9 cm³/mol. The number of aryl methyl sites for hydroxylation is 1. The van der Waals surface area contributed by atoms with E-state index in [4.69, 9.17) is 0 Å². The maximum atomic E-state index is 4.30. The van der Waals surface area contributed by atoms with Gasteiger partial charge in [-0.25, -0.2) is 0 Å². The molecule has 2 rings (SSSR count). The van der Waals surface area contributed by atoms with Gasteiger partial charge in [0.25, 0.3) is 0 Å². The summed E-state index contributed by atoms with van der Waals surface area (Å²) in [7, 11) is 1.98. The summed E-state index contributed by atoms with van der Waals surface area (Å²) in [4.78, 5) is 4.18. The summed E-state index contributed by atoms with van der Waals surface area (Å²) in [6, 6.07) is 4.33. The lowest BCUT2D eigenvalue weighted by atomic mass is 10.0. The minimum atomic E-state index is 0.242. The lowest BCUT2D eigenvalue weighted by molar-refractivity contribution is 0.491. The maximum Gasteiger partial charge on any atom is 0.0695 e. The molecular formula is C14H19BrN4. The SMILES string of the molecule is CCCNC(Cc1cccnc1)c1c(Br)cnn1C. The molecule has 0 aliphatic carbocycles. The minimum absolute atomic E-state index is 0.242. The van der Waals surface area contributed by atoms with Crippen molar-refractivity contribution in [1.82, 2.24) is 20.1 Å². The standard InChI is InChI=1S/C14H19BrN4/c1-3-6-17-13(8-11-5-4-7-16-9-11)14-12(15)10-18-19(14)2/h4-5,7,9-10,13,17H,3,6,8H2,1-2H3. The Balaban J connectivity index is 2.21. The zero-order valence-electron chi connectivity index (χ0n) is 11.3. The van der Waals surface area contributed by atoms with Gasteiger partial charge in [0.15, 0.2) is 0 Å². The van der Waals surface area contributed by atoms with E-state index >= 15 is 0 Å². The number of hydrogen-bond acceptors (Lipinski definition) is 3. The summed E-state index contributed by atoms with van der Waals surface area (Å²) in [5.41, 5.74) is 2.40. The number of nitrogens with one attached hydrogen (secondary N) is 1. The Hall–Kier alpha value is -1.20. The Bertz CT molecular complexity index is 490. The summed E-state index contributed by atoms with van der Waals surface area (Å²) in [6.45, 7) is 3.16. The third-order valence-electron chi connectivity index (χ3n) is 3.07. The van der Waals surface area contributed by atoms with Crippen molar-refractivity contribution in [2.24, 2.45) is 7.05 Å². The van der Waals surface area contributed by atoms with Gasteiger partial charge in [-0.15, -0.1) is 0 Å². The molecule has 0 radical (unpaired) electrons. The third-order valence-corrected chi connectivity index (χ3v) is 3.68. The Labute approximate surface area is 122 Å². The monoisotopic (exact) mass is 322 g/mol. The van der Waals surface area contributed by atoms with Crippen molar-refractivity contribution in [2.75, 3.05) is 6.54 Å². The molecule has 1 unspecified atom stereocenters. The van der Waals surface area contributed by atoms with E-state index in [1.165, 1.54) is 11.3 Å². The van der Waals surface area contributed by atoms with Crippen LogP contribution in [-0.2, 0) is 13.5 Å². The third kappa shape index (κ3) is 3.64. The van der Waals surface area contributed by atoms with Crippen molar-refractivity contribution in [2.45, 2.75) is 25.8 Å². The molecule has 0 amide bonds. The van der Waals surface area contributed by atoms with Crippen molar-refractivity contribution in [3.8, 4) is 0 Å². The van der Waals surface area contributed by atoms with Crippen molar-refractivity contribution >= 4 is 15.9 Å². The minimum Gasteiger partial charge on any atom is -0.308 e. The molecule has 0 saturated carbocycles. The van der Waals surface area contributed by atoms with Gasteiger partial charge >= 0.3 is 0 Å². The fraction of sp³-hybridized carbons (Fsp3) is 0.429. The van der Waals surface area contributed by atoms with Crippen molar-refractivity contribution in [3.63, 3.8) is 0 Å². The molecule has 0 aromatic carbocycles. The highest BCUT2D eigenvalue weighted by atomic mass is 79.9. The molecule has 0 saturated heterocycles. The maximum absolute atomic E-state index is 4.30. The zero-order valence-corrected chi connectivity index (χ0v) is 12.9. The normalized spacial score (nSPS) is 12.6. The van der Waals surface area contributed by atoms with Crippen LogP contribution in [0.25, 0.3) is 0 Å². The number of rotatable bonds is 6. The van der Waals surface area contributed by atoms with Crippen molar-refractivity contribution in [3.05, 3.63) is 46.5 Å². The molecule has 0 fully saturated rings. The Kier molecular flexibility index (Phi) is 5.10. The average Bonchev–Trinajstić information content (AvgIpc) is 2.75. The van der Waals surface area contributed by atoms with Crippen LogP contribution in [-0.4, -0.2) is 21.3 Å². The van der Waals surface area contributed by atoms with Gasteiger partial charge in [-0.3, -0.25) is 9.67 Å². The number of pyridine rings is 1. The molecule has 0 spiro atoms. The van der Waals surface area contributed by atoms with Gasteiger partial charge in [0.2, 0.25) is 0 Å². The van der Waals surface area contributed by atoms with Gasteiger partial charge in [-0.2, -0.15) is 5.10 Å². The van der Waals surface area contributed by atoms with E-state index < -0.39 is 0 Å². The van der Waals surface area contributed by atoms with Crippen LogP contribution in [0.2, 0.25) is 0 Å². The lowest BCUT2D eigenvalue weighted by Crippen LogP contribution is -2.26. The second-order valence-corrected chi connectivity index (χ2v) is 5.43. The summed E-state index contributed by atoms with van der Waals surface area (Å²) < 4.78 is 2.97. The zero-order chi connectivity index (χ0) is 13.7. The number of aromatic nitrogens is 3. The Morgan fingerprint density at radius 1 is 1.42 bits per heavy atom. The molecule has 2 heterocycles. The summed E-state index contributed by atoms with van der Waals surface area (Å²) in [6.07, 6.45) is 7.59. The van der Waals surface area contributed by atoms with Crippen LogP contribution in [0, 0.1) is 0 Å². The van der Waals surface area contributed by atoms with Gasteiger partial charge in [-0.05, 0) is 46.9 Å². The number of hydrogen-bond donors (Lipinski definition) is 1. The first-order valence-corrected chi connectivity index (χ1v) is 7.31. The second kappa shape index (κ2) is 6.82. The first-order chi connectivity index (χ1) is 9.22. The van der Waals surface area contributed by atoms with Crippen LogP contribution < -0.4 is 5.32 Å². The molecule has 5 heteroatoms. The molecule has 19 heavy (non-hydrogen) atoms. The largest absolute Gasteiger partial charge is 0.308 e. The van der Waals surface area contributed by atoms with Crippen molar-refractivity contribution < 1.29 is 0 Å². The van der Waals surface area contributed by atoms with E-state index in [1.807, 2.05) is 30.2 Å². The Morgan fingerprint density at radius 3 is 2.84 bits per heavy atom. The fourth-order valence-electron chi connectivity index (χ4n) is 2.15. The van der Waals surface area contributed by atoms with Gasteiger partial charge in [-0.1, -0.05) is 13.0 Å². The van der Waals surface area contributed by atoms with Crippen LogP contribution >= 0.6 is 15.9 Å². The smallest absolute Gasteiger partial charge is 0.0695 e. The molecular weight excluding hydrogens is 304 g/mol. The predicted octanol–water partition coefficient (Wildman–Crippen LogP) is 2.86. The van der Waals surface area contributed by atoms with Crippen LogP contribution in [0.5, 0.6) is 0 Å². The van der Waals surface area contributed by atoms with E-state index in [1.54, 1.807) is 6.20 Å². The summed E-state index contributed by atoms with van der Waals surface area (Å²) in [5, 5.41) is 7.88. The Morgan fingerprint density at radius 2 is 2.26 bits per heavy atom. The van der Waals surface area contributed by atoms with Gasteiger partial charge in [0.05, 0.1) is 22.4 Å².